The van der Waals surface area contributed by atoms with Gasteiger partial charge in [0, 0.05) is 13.6 Å². The summed E-state index contributed by atoms with van der Waals surface area (Å²) in [5, 5.41) is 12.8. The molecule has 80 valence electrons. The van der Waals surface area contributed by atoms with E-state index >= 15 is 0 Å². The number of nitrogens with one attached hydrogen (secondary N) is 3. The molecule has 0 fully saturated rings. The summed E-state index contributed by atoms with van der Waals surface area (Å²) in [5.74, 6) is 1.32. The maximum atomic E-state index is 4.17. The maximum Gasteiger partial charge on any atom is 0.243 e. The summed E-state index contributed by atoms with van der Waals surface area (Å²) in [5.41, 5.74) is 1.39. The monoisotopic (exact) mass is 205 g/mol. The smallest absolute Gasteiger partial charge is 0.243 e. The number of H-pyrrole nitrogens is 1. The molecule has 0 bridgehead atoms. The Morgan fingerprint density at radius 2 is 2.47 bits per heavy atom. The van der Waals surface area contributed by atoms with Gasteiger partial charge >= 0.3 is 0 Å². The lowest BCUT2D eigenvalue weighted by Crippen LogP contribution is -2.03. The highest BCUT2D eigenvalue weighted by atomic mass is 15.3. The van der Waals surface area contributed by atoms with Crippen LogP contribution in [0.2, 0.25) is 0 Å². The molecule has 1 heterocycles. The van der Waals surface area contributed by atoms with Crippen molar-refractivity contribution in [2.24, 2.45) is 0 Å². The molecular formula is C10H15N5. The Morgan fingerprint density at radius 3 is 3.13 bits per heavy atom. The summed E-state index contributed by atoms with van der Waals surface area (Å²) in [4.78, 5) is 4.17. The molecule has 0 radical (unpaired) electrons. The average Bonchev–Trinajstić information content (AvgIpc) is 2.88. The van der Waals surface area contributed by atoms with E-state index < -0.39 is 0 Å². The van der Waals surface area contributed by atoms with E-state index in [1.165, 1.54) is 5.57 Å². The second-order valence-corrected chi connectivity index (χ2v) is 3.35. The predicted octanol–water partition coefficient (Wildman–Crippen LogP) is 1.53. The Labute approximate surface area is 88.7 Å². The topological polar surface area (TPSA) is 65.6 Å². The average molecular weight is 205 g/mol. The van der Waals surface area contributed by atoms with Crippen molar-refractivity contribution in [1.29, 1.82) is 0 Å². The first-order valence-electron chi connectivity index (χ1n) is 5.08. The zero-order valence-electron chi connectivity index (χ0n) is 8.75. The highest BCUT2D eigenvalue weighted by molar-refractivity contribution is 5.33. The molecule has 3 N–H and O–H groups in total. The molecule has 1 aromatic rings. The van der Waals surface area contributed by atoms with Crippen LogP contribution in [0.25, 0.3) is 0 Å². The molecule has 5 heteroatoms. The van der Waals surface area contributed by atoms with Gasteiger partial charge in [-0.25, -0.2) is 5.10 Å². The van der Waals surface area contributed by atoms with Crippen molar-refractivity contribution in [3.8, 4) is 0 Å². The van der Waals surface area contributed by atoms with Crippen molar-refractivity contribution >= 4 is 11.9 Å². The molecule has 0 amide bonds. The second-order valence-electron chi connectivity index (χ2n) is 3.35. The minimum absolute atomic E-state index is 0.609. The first-order valence-corrected chi connectivity index (χ1v) is 5.08. The Kier molecular flexibility index (Phi) is 3.02. The number of nitrogens with zero attached hydrogens (tertiary/aromatic N) is 2. The van der Waals surface area contributed by atoms with Crippen LogP contribution in [0.5, 0.6) is 0 Å². The normalized spacial score (nSPS) is 14.1. The number of rotatable bonds is 5. The molecular weight excluding hydrogens is 190 g/mol. The van der Waals surface area contributed by atoms with Crippen LogP contribution in [0.4, 0.5) is 11.9 Å². The number of aromatic amines is 1. The van der Waals surface area contributed by atoms with E-state index in [0.29, 0.717) is 11.9 Å². The van der Waals surface area contributed by atoms with Crippen LogP contribution < -0.4 is 10.6 Å². The van der Waals surface area contributed by atoms with Gasteiger partial charge in [-0.1, -0.05) is 23.8 Å². The number of hydrogen-bond donors (Lipinski definition) is 3. The van der Waals surface area contributed by atoms with Crippen LogP contribution in [0.1, 0.15) is 12.8 Å². The third kappa shape index (κ3) is 2.59. The summed E-state index contributed by atoms with van der Waals surface area (Å²) in [6.45, 7) is 0.870. The van der Waals surface area contributed by atoms with Gasteiger partial charge in [-0.2, -0.15) is 4.98 Å². The molecule has 15 heavy (non-hydrogen) atoms. The number of allylic oxidation sites excluding steroid dienone is 3. The molecule has 0 saturated heterocycles. The second kappa shape index (κ2) is 4.63. The van der Waals surface area contributed by atoms with E-state index in [4.69, 9.17) is 0 Å². The number of anilines is 2. The third-order valence-corrected chi connectivity index (χ3v) is 2.26. The highest BCUT2D eigenvalue weighted by Crippen LogP contribution is 2.12. The van der Waals surface area contributed by atoms with E-state index in [0.717, 1.165) is 19.4 Å². The number of aromatic nitrogens is 3. The van der Waals surface area contributed by atoms with Gasteiger partial charge in [0.05, 0.1) is 0 Å². The van der Waals surface area contributed by atoms with E-state index in [9.17, 15) is 0 Å². The van der Waals surface area contributed by atoms with Crippen LogP contribution in [-0.2, 0) is 0 Å². The zero-order valence-corrected chi connectivity index (χ0v) is 8.75. The van der Waals surface area contributed by atoms with Crippen molar-refractivity contribution in [1.82, 2.24) is 15.2 Å². The van der Waals surface area contributed by atoms with Crippen LogP contribution in [0.3, 0.4) is 0 Å². The molecule has 0 atom stereocenters. The van der Waals surface area contributed by atoms with Crippen molar-refractivity contribution in [3.63, 3.8) is 0 Å². The molecule has 1 aromatic heterocycles. The summed E-state index contributed by atoms with van der Waals surface area (Å²) in [7, 11) is 1.79. The lowest BCUT2D eigenvalue weighted by molar-refractivity contribution is 0.989. The summed E-state index contributed by atoms with van der Waals surface area (Å²) in [6, 6.07) is 0. The minimum Gasteiger partial charge on any atom is -0.356 e. The molecule has 2 rings (SSSR count). The molecule has 0 unspecified atom stereocenters. The van der Waals surface area contributed by atoms with Gasteiger partial charge in [-0.15, -0.1) is 5.10 Å². The molecule has 0 saturated carbocycles. The Bertz CT molecular complexity index is 377. The minimum atomic E-state index is 0.609. The van der Waals surface area contributed by atoms with Gasteiger partial charge in [-0.3, -0.25) is 0 Å². The van der Waals surface area contributed by atoms with Gasteiger partial charge in [0.2, 0.25) is 11.9 Å². The van der Waals surface area contributed by atoms with E-state index in [2.05, 4.69) is 44.0 Å². The fourth-order valence-corrected chi connectivity index (χ4v) is 1.47. The first kappa shape index (κ1) is 9.76. The summed E-state index contributed by atoms with van der Waals surface area (Å²) < 4.78 is 0. The van der Waals surface area contributed by atoms with Crippen LogP contribution in [-0.4, -0.2) is 28.8 Å². The standard InChI is InChI=1S/C10H15N5/c1-11-9-13-10(15-14-9)12-7-6-8-4-2-3-5-8/h2,4-5H,3,6-7H2,1H3,(H3,11,12,13,14,15). The van der Waals surface area contributed by atoms with Gasteiger partial charge in [-0.05, 0) is 12.8 Å². The third-order valence-electron chi connectivity index (χ3n) is 2.26. The first-order chi connectivity index (χ1) is 7.38. The van der Waals surface area contributed by atoms with E-state index in [-0.39, 0.29) is 0 Å². The SMILES string of the molecule is CNc1n[nH]c(NCCC2=CCC=C2)n1. The highest BCUT2D eigenvalue weighted by Gasteiger charge is 2.01. The summed E-state index contributed by atoms with van der Waals surface area (Å²) in [6.07, 6.45) is 8.67. The molecule has 1 aliphatic carbocycles. The zero-order chi connectivity index (χ0) is 10.5. The van der Waals surface area contributed by atoms with Gasteiger partial charge in [0.25, 0.3) is 0 Å². The fraction of sp³-hybridized carbons (Fsp3) is 0.400. The van der Waals surface area contributed by atoms with Crippen LogP contribution in [0.15, 0.2) is 23.8 Å². The van der Waals surface area contributed by atoms with Crippen molar-refractivity contribution in [3.05, 3.63) is 23.8 Å². The van der Waals surface area contributed by atoms with Crippen molar-refractivity contribution < 1.29 is 0 Å². The van der Waals surface area contributed by atoms with Gasteiger partial charge in [0.15, 0.2) is 0 Å². The van der Waals surface area contributed by atoms with Crippen LogP contribution >= 0.6 is 0 Å². The summed E-state index contributed by atoms with van der Waals surface area (Å²) >= 11 is 0. The van der Waals surface area contributed by atoms with E-state index in [1.54, 1.807) is 7.05 Å². The Morgan fingerprint density at radius 1 is 1.53 bits per heavy atom. The Hall–Kier alpha value is -1.78. The number of hydrogen-bond acceptors (Lipinski definition) is 4. The predicted molar refractivity (Wildman–Crippen MR) is 60.9 cm³/mol. The maximum absolute atomic E-state index is 4.17. The quantitative estimate of drug-likeness (QED) is 0.682. The van der Waals surface area contributed by atoms with Gasteiger partial charge in [0.1, 0.15) is 0 Å². The molecule has 0 aromatic carbocycles. The molecule has 0 spiro atoms. The van der Waals surface area contributed by atoms with Crippen LogP contribution in [0, 0.1) is 0 Å². The molecule has 1 aliphatic rings. The Balaban J connectivity index is 1.75. The molecule has 5 nitrogen and oxygen atoms in total. The lowest BCUT2D eigenvalue weighted by atomic mass is 10.2. The van der Waals surface area contributed by atoms with Crippen molar-refractivity contribution in [2.45, 2.75) is 12.8 Å². The largest absolute Gasteiger partial charge is 0.356 e. The van der Waals surface area contributed by atoms with Crippen molar-refractivity contribution in [2.75, 3.05) is 24.2 Å². The van der Waals surface area contributed by atoms with Gasteiger partial charge < -0.3 is 10.6 Å². The molecule has 0 aliphatic heterocycles. The lowest BCUT2D eigenvalue weighted by Gasteiger charge is -2.01. The fourth-order valence-electron chi connectivity index (χ4n) is 1.47. The van der Waals surface area contributed by atoms with E-state index in [1.807, 2.05) is 0 Å².